The van der Waals surface area contributed by atoms with Crippen LogP contribution in [0.25, 0.3) is 0 Å². The maximum atomic E-state index is 10.3. The Bertz CT molecular complexity index is 550. The summed E-state index contributed by atoms with van der Waals surface area (Å²) in [6, 6.07) is 12.7. The molecule has 1 atom stereocenters. The monoisotopic (exact) mass is 296 g/mol. The second kappa shape index (κ2) is 6.29. The van der Waals surface area contributed by atoms with Crippen LogP contribution in [0.2, 0.25) is 10.0 Å². The lowest BCUT2D eigenvalue weighted by molar-refractivity contribution is 0.174. The Morgan fingerprint density at radius 3 is 2.32 bits per heavy atom. The molecule has 0 bridgehead atoms. The predicted octanol–water partition coefficient (Wildman–Crippen LogP) is 4.28. The zero-order valence-electron chi connectivity index (χ0n) is 10.4. The van der Waals surface area contributed by atoms with Crippen molar-refractivity contribution in [1.82, 2.24) is 0 Å². The number of methoxy groups -OCH3 is 1. The molecule has 0 amide bonds. The number of hydrogen-bond donors (Lipinski definition) is 1. The van der Waals surface area contributed by atoms with Crippen molar-refractivity contribution in [2.45, 2.75) is 12.5 Å². The van der Waals surface area contributed by atoms with E-state index in [0.29, 0.717) is 22.2 Å². The summed E-state index contributed by atoms with van der Waals surface area (Å²) in [5.74, 6) is 0.651. The number of aliphatic hydroxyl groups is 1. The number of aliphatic hydroxyl groups excluding tert-OH is 1. The molecule has 0 aliphatic carbocycles. The third-order valence-corrected chi connectivity index (χ3v) is 3.67. The van der Waals surface area contributed by atoms with Gasteiger partial charge in [0.05, 0.1) is 13.2 Å². The van der Waals surface area contributed by atoms with Crippen LogP contribution in [0.15, 0.2) is 42.5 Å². The van der Waals surface area contributed by atoms with Gasteiger partial charge < -0.3 is 9.84 Å². The number of halogens is 2. The zero-order chi connectivity index (χ0) is 13.8. The normalized spacial score (nSPS) is 12.2. The van der Waals surface area contributed by atoms with Gasteiger partial charge in [-0.3, -0.25) is 0 Å². The standard InChI is InChI=1S/C15H14Cl2O2/c1-19-15-8-3-2-5-10(15)14(18)9-11-12(16)6-4-7-13(11)17/h2-8,14,18H,9H2,1H3. The average Bonchev–Trinajstić information content (AvgIpc) is 2.42. The predicted molar refractivity (Wildman–Crippen MR) is 78.1 cm³/mol. The minimum absolute atomic E-state index is 0.346. The molecule has 1 unspecified atom stereocenters. The molecule has 100 valence electrons. The van der Waals surface area contributed by atoms with Gasteiger partial charge in [0.25, 0.3) is 0 Å². The first-order valence-electron chi connectivity index (χ1n) is 5.87. The van der Waals surface area contributed by atoms with Crippen molar-refractivity contribution in [3.8, 4) is 5.75 Å². The Kier molecular flexibility index (Phi) is 4.70. The Hall–Kier alpha value is -1.22. The maximum absolute atomic E-state index is 10.3. The molecule has 1 N–H and O–H groups in total. The minimum atomic E-state index is -0.714. The van der Waals surface area contributed by atoms with Gasteiger partial charge in [0, 0.05) is 22.0 Å². The van der Waals surface area contributed by atoms with Gasteiger partial charge in [-0.05, 0) is 23.8 Å². The van der Waals surface area contributed by atoms with Crippen molar-refractivity contribution in [3.05, 3.63) is 63.6 Å². The zero-order valence-corrected chi connectivity index (χ0v) is 11.9. The highest BCUT2D eigenvalue weighted by atomic mass is 35.5. The Morgan fingerprint density at radius 1 is 1.05 bits per heavy atom. The van der Waals surface area contributed by atoms with Crippen molar-refractivity contribution in [2.75, 3.05) is 7.11 Å². The molecule has 0 saturated heterocycles. The van der Waals surface area contributed by atoms with Crippen LogP contribution in [0.1, 0.15) is 17.2 Å². The number of hydrogen-bond acceptors (Lipinski definition) is 2. The van der Waals surface area contributed by atoms with E-state index >= 15 is 0 Å². The first-order valence-corrected chi connectivity index (χ1v) is 6.63. The van der Waals surface area contributed by atoms with Gasteiger partial charge in [-0.2, -0.15) is 0 Å². The molecule has 19 heavy (non-hydrogen) atoms. The van der Waals surface area contributed by atoms with Crippen LogP contribution in [-0.4, -0.2) is 12.2 Å². The highest BCUT2D eigenvalue weighted by Gasteiger charge is 2.16. The van der Waals surface area contributed by atoms with Crippen LogP contribution < -0.4 is 4.74 Å². The van der Waals surface area contributed by atoms with E-state index in [2.05, 4.69) is 0 Å². The van der Waals surface area contributed by atoms with Crippen LogP contribution in [0.4, 0.5) is 0 Å². The van der Waals surface area contributed by atoms with Gasteiger partial charge in [-0.15, -0.1) is 0 Å². The molecule has 2 aromatic carbocycles. The lowest BCUT2D eigenvalue weighted by atomic mass is 10.0. The van der Waals surface area contributed by atoms with Gasteiger partial charge in [0.15, 0.2) is 0 Å². The summed E-state index contributed by atoms with van der Waals surface area (Å²) >= 11 is 12.2. The molecule has 0 aliphatic heterocycles. The molecular weight excluding hydrogens is 283 g/mol. The molecule has 0 heterocycles. The van der Waals surface area contributed by atoms with Crippen molar-refractivity contribution in [1.29, 1.82) is 0 Å². The van der Waals surface area contributed by atoms with Gasteiger partial charge in [-0.1, -0.05) is 47.5 Å². The molecule has 0 aliphatic rings. The van der Waals surface area contributed by atoms with Crippen molar-refractivity contribution in [2.24, 2.45) is 0 Å². The lowest BCUT2D eigenvalue weighted by Gasteiger charge is -2.16. The molecule has 0 aromatic heterocycles. The largest absolute Gasteiger partial charge is 0.496 e. The number of rotatable bonds is 4. The molecule has 0 fully saturated rings. The lowest BCUT2D eigenvalue weighted by Crippen LogP contribution is -2.05. The highest BCUT2D eigenvalue weighted by Crippen LogP contribution is 2.32. The van der Waals surface area contributed by atoms with Crippen LogP contribution in [0.5, 0.6) is 5.75 Å². The van der Waals surface area contributed by atoms with Gasteiger partial charge in [0.1, 0.15) is 5.75 Å². The van der Waals surface area contributed by atoms with E-state index in [1.165, 1.54) is 0 Å². The van der Waals surface area contributed by atoms with Crippen molar-refractivity contribution >= 4 is 23.2 Å². The Balaban J connectivity index is 2.28. The van der Waals surface area contributed by atoms with E-state index in [0.717, 1.165) is 11.1 Å². The van der Waals surface area contributed by atoms with Crippen LogP contribution in [0, 0.1) is 0 Å². The molecule has 2 nitrogen and oxygen atoms in total. The van der Waals surface area contributed by atoms with Crippen LogP contribution >= 0.6 is 23.2 Å². The summed E-state index contributed by atoms with van der Waals surface area (Å²) in [5, 5.41) is 11.5. The van der Waals surface area contributed by atoms with Crippen molar-refractivity contribution in [3.63, 3.8) is 0 Å². The molecule has 0 saturated carbocycles. The number of benzene rings is 2. The van der Waals surface area contributed by atoms with Gasteiger partial charge in [0.2, 0.25) is 0 Å². The van der Waals surface area contributed by atoms with Gasteiger partial charge in [-0.25, -0.2) is 0 Å². The number of para-hydroxylation sites is 1. The van der Waals surface area contributed by atoms with E-state index < -0.39 is 6.10 Å². The smallest absolute Gasteiger partial charge is 0.124 e. The summed E-state index contributed by atoms with van der Waals surface area (Å²) in [6.07, 6.45) is -0.368. The average molecular weight is 297 g/mol. The summed E-state index contributed by atoms with van der Waals surface area (Å²) < 4.78 is 5.24. The summed E-state index contributed by atoms with van der Waals surface area (Å²) in [4.78, 5) is 0. The van der Waals surface area contributed by atoms with Gasteiger partial charge >= 0.3 is 0 Å². The quantitative estimate of drug-likeness (QED) is 0.912. The molecule has 2 aromatic rings. The summed E-state index contributed by atoms with van der Waals surface area (Å²) in [5.41, 5.74) is 1.46. The molecule has 0 radical (unpaired) electrons. The molecule has 2 rings (SSSR count). The Labute approximate surface area is 122 Å². The third kappa shape index (κ3) is 3.21. The second-order valence-corrected chi connectivity index (χ2v) is 4.98. The summed E-state index contributed by atoms with van der Waals surface area (Å²) in [7, 11) is 1.58. The number of ether oxygens (including phenoxy) is 1. The minimum Gasteiger partial charge on any atom is -0.496 e. The first kappa shape index (κ1) is 14.2. The fourth-order valence-electron chi connectivity index (χ4n) is 1.97. The first-order chi connectivity index (χ1) is 9.13. The van der Waals surface area contributed by atoms with Crippen LogP contribution in [0.3, 0.4) is 0 Å². The van der Waals surface area contributed by atoms with E-state index in [1.54, 1.807) is 25.3 Å². The SMILES string of the molecule is COc1ccccc1C(O)Cc1c(Cl)cccc1Cl. The topological polar surface area (TPSA) is 29.5 Å². The van der Waals surface area contributed by atoms with E-state index in [1.807, 2.05) is 24.3 Å². The Morgan fingerprint density at radius 2 is 1.68 bits per heavy atom. The maximum Gasteiger partial charge on any atom is 0.124 e. The van der Waals surface area contributed by atoms with Crippen LogP contribution in [-0.2, 0) is 6.42 Å². The highest BCUT2D eigenvalue weighted by molar-refractivity contribution is 6.36. The molecular formula is C15H14Cl2O2. The van der Waals surface area contributed by atoms with E-state index in [-0.39, 0.29) is 0 Å². The second-order valence-electron chi connectivity index (χ2n) is 4.16. The fraction of sp³-hybridized carbons (Fsp3) is 0.200. The van der Waals surface area contributed by atoms with E-state index in [4.69, 9.17) is 27.9 Å². The molecule has 0 spiro atoms. The third-order valence-electron chi connectivity index (χ3n) is 2.96. The van der Waals surface area contributed by atoms with Crippen molar-refractivity contribution < 1.29 is 9.84 Å². The summed E-state index contributed by atoms with van der Waals surface area (Å²) in [6.45, 7) is 0. The fourth-order valence-corrected chi connectivity index (χ4v) is 2.52. The molecule has 4 heteroatoms. The van der Waals surface area contributed by atoms with E-state index in [9.17, 15) is 5.11 Å².